The molecule has 0 aliphatic carbocycles. The van der Waals surface area contributed by atoms with Crippen LogP contribution in [0.3, 0.4) is 0 Å². The summed E-state index contributed by atoms with van der Waals surface area (Å²) in [6.45, 7) is 1.63. The number of piperidine rings is 1. The molecule has 6 rings (SSSR count). The number of likely N-dealkylation sites (tertiary alicyclic amines) is 1. The lowest BCUT2D eigenvalue weighted by Crippen LogP contribution is -2.50. The second kappa shape index (κ2) is 9.44. The Morgan fingerprint density at radius 2 is 1.95 bits per heavy atom. The molecule has 0 radical (unpaired) electrons. The lowest BCUT2D eigenvalue weighted by molar-refractivity contribution is -0.135. The number of hydrogen-bond acceptors (Lipinski definition) is 11. The molecule has 2 amide bonds. The molecule has 2 saturated heterocycles. The van der Waals surface area contributed by atoms with E-state index in [-0.39, 0.29) is 29.5 Å². The van der Waals surface area contributed by atoms with Gasteiger partial charge in [-0.1, -0.05) is 0 Å². The van der Waals surface area contributed by atoms with Gasteiger partial charge in [0.25, 0.3) is 5.78 Å². The standard InChI is InChI=1S/C23H25N11O3/c24-21-29-22(30-23-28-18(31-34(21)23)16-4-2-12-37-16)33-9-1-3-15(33)20(36)32-10-5-14(6-11-32)19(35)27-17-13-25-7-8-26-17/h2,4,7-8,12-15H,1,3,5-6,9-11H2,(H,26,27,35)(H2,24,28,29,30,31)/t15-/m0/s1. The molecule has 2 aliphatic heterocycles. The highest BCUT2D eigenvalue weighted by Crippen LogP contribution is 2.28. The van der Waals surface area contributed by atoms with Gasteiger partial charge in [-0.05, 0) is 37.8 Å². The zero-order valence-electron chi connectivity index (χ0n) is 19.9. The predicted octanol–water partition coefficient (Wildman–Crippen LogP) is 0.998. The molecule has 2 fully saturated rings. The molecule has 0 saturated carbocycles. The van der Waals surface area contributed by atoms with Gasteiger partial charge in [-0.3, -0.25) is 14.6 Å². The Morgan fingerprint density at radius 3 is 2.70 bits per heavy atom. The SMILES string of the molecule is Nc1nc(N2CCC[C@H]2C(=O)N2CCC(C(=O)Nc3cnccn3)CC2)nc2nc(-c3ccco3)nn12. The molecule has 14 heteroatoms. The summed E-state index contributed by atoms with van der Waals surface area (Å²) in [7, 11) is 0. The van der Waals surface area contributed by atoms with Gasteiger partial charge in [-0.15, -0.1) is 5.10 Å². The minimum absolute atomic E-state index is 0.00469. The first kappa shape index (κ1) is 22.8. The van der Waals surface area contributed by atoms with E-state index in [0.717, 1.165) is 6.42 Å². The van der Waals surface area contributed by atoms with E-state index >= 15 is 0 Å². The number of nitrogens with zero attached hydrogens (tertiary/aromatic N) is 9. The van der Waals surface area contributed by atoms with Crippen LogP contribution in [-0.2, 0) is 9.59 Å². The summed E-state index contributed by atoms with van der Waals surface area (Å²) < 4.78 is 6.72. The first-order chi connectivity index (χ1) is 18.1. The molecule has 2 aliphatic rings. The van der Waals surface area contributed by atoms with E-state index in [0.29, 0.717) is 62.2 Å². The lowest BCUT2D eigenvalue weighted by Gasteiger charge is -2.35. The van der Waals surface area contributed by atoms with Gasteiger partial charge in [0.05, 0.1) is 12.5 Å². The highest BCUT2D eigenvalue weighted by Gasteiger charge is 2.37. The van der Waals surface area contributed by atoms with Crippen molar-refractivity contribution in [2.24, 2.45) is 5.92 Å². The smallest absolute Gasteiger partial charge is 0.259 e. The maximum absolute atomic E-state index is 13.5. The average molecular weight is 504 g/mol. The summed E-state index contributed by atoms with van der Waals surface area (Å²) in [5.74, 6) is 1.73. The van der Waals surface area contributed by atoms with Crippen molar-refractivity contribution in [3.8, 4) is 11.6 Å². The fourth-order valence-electron chi connectivity index (χ4n) is 4.86. The zero-order chi connectivity index (χ0) is 25.4. The van der Waals surface area contributed by atoms with Crippen molar-refractivity contribution in [2.75, 3.05) is 35.6 Å². The first-order valence-corrected chi connectivity index (χ1v) is 12.1. The van der Waals surface area contributed by atoms with Gasteiger partial charge in [0.2, 0.25) is 29.5 Å². The van der Waals surface area contributed by atoms with Crippen LogP contribution in [0.1, 0.15) is 25.7 Å². The van der Waals surface area contributed by atoms with Crippen LogP contribution in [-0.4, -0.2) is 76.9 Å². The van der Waals surface area contributed by atoms with Crippen molar-refractivity contribution < 1.29 is 14.0 Å². The fraction of sp³-hybridized carbons (Fsp3) is 0.391. The molecule has 1 atom stereocenters. The number of rotatable bonds is 5. The molecule has 0 aromatic carbocycles. The van der Waals surface area contributed by atoms with E-state index in [4.69, 9.17) is 10.2 Å². The molecule has 0 spiro atoms. The number of aromatic nitrogens is 7. The molecular formula is C23H25N11O3. The summed E-state index contributed by atoms with van der Waals surface area (Å²) in [5, 5.41) is 7.12. The molecule has 4 aromatic heterocycles. The lowest BCUT2D eigenvalue weighted by atomic mass is 9.95. The number of nitrogen functional groups attached to an aromatic ring is 1. The van der Waals surface area contributed by atoms with E-state index in [2.05, 4.69) is 35.3 Å². The minimum Gasteiger partial charge on any atom is -0.461 e. The first-order valence-electron chi connectivity index (χ1n) is 12.1. The Hall–Kier alpha value is -4.62. The van der Waals surface area contributed by atoms with E-state index < -0.39 is 6.04 Å². The Morgan fingerprint density at radius 1 is 1.08 bits per heavy atom. The number of hydrogen-bond donors (Lipinski definition) is 2. The molecule has 3 N–H and O–H groups in total. The zero-order valence-corrected chi connectivity index (χ0v) is 19.9. The monoisotopic (exact) mass is 503 g/mol. The summed E-state index contributed by atoms with van der Waals surface area (Å²) in [6.07, 6.45) is 8.79. The average Bonchev–Trinajstić information content (AvgIpc) is 3.69. The Balaban J connectivity index is 1.14. The van der Waals surface area contributed by atoms with Crippen molar-refractivity contribution in [3.63, 3.8) is 0 Å². The normalized spacial score (nSPS) is 18.4. The molecule has 0 unspecified atom stereocenters. The Bertz CT molecular complexity index is 1410. The third kappa shape index (κ3) is 4.41. The second-order valence-electron chi connectivity index (χ2n) is 9.04. The number of fused-ring (bicyclic) bond motifs is 1. The number of amides is 2. The van der Waals surface area contributed by atoms with E-state index in [1.165, 1.54) is 23.2 Å². The molecule has 14 nitrogen and oxygen atoms in total. The van der Waals surface area contributed by atoms with E-state index in [1.807, 2.05) is 9.80 Å². The topological polar surface area (TPSA) is 174 Å². The number of carbonyl (C=O) groups is 2. The summed E-state index contributed by atoms with van der Waals surface area (Å²) in [4.78, 5) is 51.3. The highest BCUT2D eigenvalue weighted by molar-refractivity contribution is 5.92. The van der Waals surface area contributed by atoms with Crippen molar-refractivity contribution >= 4 is 35.3 Å². The Kier molecular flexibility index (Phi) is 5.82. The molecule has 190 valence electrons. The van der Waals surface area contributed by atoms with E-state index in [9.17, 15) is 9.59 Å². The number of anilines is 3. The van der Waals surface area contributed by atoms with E-state index in [1.54, 1.807) is 18.3 Å². The number of furan rings is 1. The van der Waals surface area contributed by atoms with Crippen LogP contribution >= 0.6 is 0 Å². The third-order valence-corrected chi connectivity index (χ3v) is 6.75. The van der Waals surface area contributed by atoms with Gasteiger partial charge in [-0.25, -0.2) is 4.98 Å². The number of nitrogens with two attached hydrogens (primary N) is 1. The van der Waals surface area contributed by atoms with Gasteiger partial charge in [-0.2, -0.15) is 19.5 Å². The van der Waals surface area contributed by atoms with Crippen molar-refractivity contribution in [2.45, 2.75) is 31.7 Å². The Labute approximate surface area is 210 Å². The molecular weight excluding hydrogens is 478 g/mol. The fourth-order valence-corrected chi connectivity index (χ4v) is 4.86. The van der Waals surface area contributed by atoms with Gasteiger partial charge >= 0.3 is 0 Å². The predicted molar refractivity (Wildman–Crippen MR) is 131 cm³/mol. The van der Waals surface area contributed by atoms with Crippen LogP contribution in [0.4, 0.5) is 17.7 Å². The van der Waals surface area contributed by atoms with Gasteiger partial charge in [0.15, 0.2) is 11.6 Å². The summed E-state index contributed by atoms with van der Waals surface area (Å²) in [5.41, 5.74) is 6.17. The van der Waals surface area contributed by atoms with Gasteiger partial charge in [0.1, 0.15) is 6.04 Å². The molecule has 6 heterocycles. The number of nitrogens with one attached hydrogen (secondary N) is 1. The maximum Gasteiger partial charge on any atom is 0.259 e. The second-order valence-corrected chi connectivity index (χ2v) is 9.04. The van der Waals surface area contributed by atoms with Crippen molar-refractivity contribution in [1.82, 2.24) is 39.4 Å². The molecule has 4 aromatic rings. The van der Waals surface area contributed by atoms with Crippen LogP contribution in [0.2, 0.25) is 0 Å². The van der Waals surface area contributed by atoms with Crippen LogP contribution in [0.25, 0.3) is 17.4 Å². The molecule has 0 bridgehead atoms. The van der Waals surface area contributed by atoms with Gasteiger partial charge < -0.3 is 25.3 Å². The molecule has 37 heavy (non-hydrogen) atoms. The van der Waals surface area contributed by atoms with Gasteiger partial charge in [0, 0.05) is 37.9 Å². The quantitative estimate of drug-likeness (QED) is 0.397. The minimum atomic E-state index is -0.403. The van der Waals surface area contributed by atoms with Crippen molar-refractivity contribution in [3.05, 3.63) is 37.0 Å². The number of carbonyl (C=O) groups excluding carboxylic acids is 2. The largest absolute Gasteiger partial charge is 0.461 e. The van der Waals surface area contributed by atoms with Crippen molar-refractivity contribution in [1.29, 1.82) is 0 Å². The summed E-state index contributed by atoms with van der Waals surface area (Å²) in [6, 6.07) is 3.09. The van der Waals surface area contributed by atoms with Crippen LogP contribution in [0.15, 0.2) is 41.4 Å². The third-order valence-electron chi connectivity index (χ3n) is 6.75. The van der Waals surface area contributed by atoms with Crippen LogP contribution < -0.4 is 16.0 Å². The van der Waals surface area contributed by atoms with Crippen LogP contribution in [0.5, 0.6) is 0 Å². The summed E-state index contributed by atoms with van der Waals surface area (Å²) >= 11 is 0. The van der Waals surface area contributed by atoms with Crippen LogP contribution in [0, 0.1) is 5.92 Å². The maximum atomic E-state index is 13.5. The highest BCUT2D eigenvalue weighted by atomic mass is 16.3.